The van der Waals surface area contributed by atoms with Crippen molar-refractivity contribution in [3.8, 4) is 5.75 Å². The molecule has 2 heterocycles. The first kappa shape index (κ1) is 17.8. The third kappa shape index (κ3) is 3.34. The Hall–Kier alpha value is -3.62. The number of nitrogens with one attached hydrogen (secondary N) is 3. The summed E-state index contributed by atoms with van der Waals surface area (Å²) in [5, 5.41) is 15.4. The quantitative estimate of drug-likeness (QED) is 0.516. The Morgan fingerprint density at radius 3 is 2.71 bits per heavy atom. The number of carbonyl (C=O) groups is 2. The van der Waals surface area contributed by atoms with E-state index in [0.29, 0.717) is 34.2 Å². The molecule has 28 heavy (non-hydrogen) atoms. The largest absolute Gasteiger partial charge is 0.494 e. The minimum Gasteiger partial charge on any atom is -0.494 e. The maximum atomic E-state index is 12.1. The van der Waals surface area contributed by atoms with Gasteiger partial charge in [0.05, 0.1) is 18.5 Å². The van der Waals surface area contributed by atoms with Gasteiger partial charge in [0, 0.05) is 12.0 Å². The number of hydrogen-bond donors (Lipinski definition) is 4. The lowest BCUT2D eigenvalue weighted by Crippen LogP contribution is -2.14. The second-order valence-corrected chi connectivity index (χ2v) is 6.65. The van der Waals surface area contributed by atoms with Gasteiger partial charge in [0.25, 0.3) is 0 Å². The van der Waals surface area contributed by atoms with E-state index >= 15 is 0 Å². The molecule has 1 aliphatic rings. The molecule has 2 aromatic heterocycles. The molecule has 0 radical (unpaired) electrons. The molecule has 4 N–H and O–H groups in total. The number of nitrogens with zero attached hydrogens (tertiary/aromatic N) is 2. The summed E-state index contributed by atoms with van der Waals surface area (Å²) in [7, 11) is 1.41. The van der Waals surface area contributed by atoms with Crippen molar-refractivity contribution in [2.24, 2.45) is 5.92 Å². The Morgan fingerprint density at radius 2 is 2.04 bits per heavy atom. The van der Waals surface area contributed by atoms with Crippen molar-refractivity contribution in [2.45, 2.75) is 19.8 Å². The van der Waals surface area contributed by atoms with E-state index in [9.17, 15) is 14.7 Å². The highest BCUT2D eigenvalue weighted by Gasteiger charge is 2.30. The number of amides is 1. The average molecular weight is 381 g/mol. The minimum atomic E-state index is -1.09. The molecule has 3 aromatic rings. The number of hydrogen-bond acceptors (Lipinski definition) is 6. The van der Waals surface area contributed by atoms with Gasteiger partial charge in [0.15, 0.2) is 11.4 Å². The minimum absolute atomic E-state index is 0.0401. The summed E-state index contributed by atoms with van der Waals surface area (Å²) < 4.78 is 5.30. The Bertz CT molecular complexity index is 1090. The van der Waals surface area contributed by atoms with Gasteiger partial charge in [0.1, 0.15) is 22.7 Å². The first-order valence-corrected chi connectivity index (χ1v) is 8.82. The number of methoxy groups -OCH3 is 1. The first-order valence-electron chi connectivity index (χ1n) is 8.82. The van der Waals surface area contributed by atoms with E-state index in [1.165, 1.54) is 13.2 Å². The van der Waals surface area contributed by atoms with E-state index < -0.39 is 5.97 Å². The number of H-pyrrole nitrogens is 1. The molecular formula is C19H19N5O4. The molecule has 9 nitrogen and oxygen atoms in total. The Kier molecular flexibility index (Phi) is 4.34. The van der Waals surface area contributed by atoms with Crippen LogP contribution in [0, 0.1) is 12.8 Å². The number of para-hydroxylation sites is 1. The van der Waals surface area contributed by atoms with E-state index in [0.717, 1.165) is 12.8 Å². The summed E-state index contributed by atoms with van der Waals surface area (Å²) >= 11 is 0. The van der Waals surface area contributed by atoms with Gasteiger partial charge in [0.2, 0.25) is 5.91 Å². The van der Waals surface area contributed by atoms with Crippen molar-refractivity contribution >= 4 is 40.2 Å². The number of carbonyl (C=O) groups excluding carboxylic acids is 1. The van der Waals surface area contributed by atoms with E-state index in [-0.39, 0.29) is 23.1 Å². The molecule has 0 atom stereocenters. The van der Waals surface area contributed by atoms with Crippen LogP contribution in [0.3, 0.4) is 0 Å². The highest BCUT2D eigenvalue weighted by Crippen LogP contribution is 2.35. The molecule has 0 spiro atoms. The van der Waals surface area contributed by atoms with E-state index in [4.69, 9.17) is 4.74 Å². The maximum absolute atomic E-state index is 12.1. The number of carboxylic acids is 1. The predicted molar refractivity (Wildman–Crippen MR) is 103 cm³/mol. The van der Waals surface area contributed by atoms with Crippen LogP contribution in [0.5, 0.6) is 5.75 Å². The number of carboxylic acid groups (broad SMARTS) is 1. The summed E-state index contributed by atoms with van der Waals surface area (Å²) in [5.74, 6) is 0.166. The van der Waals surface area contributed by atoms with E-state index in [1.54, 1.807) is 25.1 Å². The molecule has 144 valence electrons. The number of anilines is 3. The lowest BCUT2D eigenvalue weighted by Gasteiger charge is -2.14. The molecule has 0 aliphatic heterocycles. The fourth-order valence-corrected chi connectivity index (χ4v) is 3.01. The Morgan fingerprint density at radius 1 is 1.25 bits per heavy atom. The van der Waals surface area contributed by atoms with Gasteiger partial charge in [-0.15, -0.1) is 0 Å². The second kappa shape index (κ2) is 6.84. The van der Waals surface area contributed by atoms with Crippen molar-refractivity contribution < 1.29 is 19.4 Å². The fourth-order valence-electron chi connectivity index (χ4n) is 3.01. The van der Waals surface area contributed by atoms with Crippen molar-refractivity contribution in [1.82, 2.24) is 15.0 Å². The number of pyridine rings is 1. The van der Waals surface area contributed by atoms with Gasteiger partial charge in [-0.3, -0.25) is 4.79 Å². The Balaban J connectivity index is 1.76. The number of imidazole rings is 1. The standard InChI is InChI=1S/C19H19N5O4/c1-9-20-15-13(22-12-5-3-4-11(19(26)27)16(12)28-2)8-14(23-17(15)21-9)24-18(25)10-6-7-10/h3-5,8,10H,6-7H2,1-2H3,(H,26,27)(H3,20,21,22,23,24,25). The van der Waals surface area contributed by atoms with Crippen molar-refractivity contribution in [3.63, 3.8) is 0 Å². The zero-order valence-corrected chi connectivity index (χ0v) is 15.4. The molecule has 1 saturated carbocycles. The molecule has 1 fully saturated rings. The molecule has 0 bridgehead atoms. The van der Waals surface area contributed by atoms with Crippen molar-refractivity contribution in [3.05, 3.63) is 35.7 Å². The summed E-state index contributed by atoms with van der Waals surface area (Å²) in [5.41, 5.74) is 2.17. The maximum Gasteiger partial charge on any atom is 0.339 e. The van der Waals surface area contributed by atoms with Gasteiger partial charge >= 0.3 is 5.97 Å². The lowest BCUT2D eigenvalue weighted by atomic mass is 10.1. The van der Waals surface area contributed by atoms with Crippen LogP contribution in [-0.4, -0.2) is 39.0 Å². The highest BCUT2D eigenvalue weighted by atomic mass is 16.5. The number of fused-ring (bicyclic) bond motifs is 1. The SMILES string of the molecule is COc1c(Nc2cc(NC(=O)C3CC3)nc3[nH]c(C)nc23)cccc1C(=O)O. The monoisotopic (exact) mass is 381 g/mol. The summed E-state index contributed by atoms with van der Waals surface area (Å²) in [6.07, 6.45) is 1.78. The number of rotatable bonds is 6. The van der Waals surface area contributed by atoms with Gasteiger partial charge in [-0.1, -0.05) is 6.07 Å². The number of aromatic amines is 1. The zero-order chi connectivity index (χ0) is 19.8. The average Bonchev–Trinajstić information content (AvgIpc) is 3.43. The summed E-state index contributed by atoms with van der Waals surface area (Å²) in [6.45, 7) is 1.81. The number of aromatic carboxylic acids is 1. The van der Waals surface area contributed by atoms with Crippen LogP contribution >= 0.6 is 0 Å². The number of aryl methyl sites for hydroxylation is 1. The topological polar surface area (TPSA) is 129 Å². The third-order valence-electron chi connectivity index (χ3n) is 4.49. The van der Waals surface area contributed by atoms with Gasteiger partial charge in [-0.05, 0) is 31.9 Å². The zero-order valence-electron chi connectivity index (χ0n) is 15.4. The predicted octanol–water partition coefficient (Wildman–Crippen LogP) is 3.07. The van der Waals surface area contributed by atoms with Crippen molar-refractivity contribution in [2.75, 3.05) is 17.7 Å². The van der Waals surface area contributed by atoms with Crippen LogP contribution in [0.4, 0.5) is 17.2 Å². The Labute approximate surface area is 160 Å². The van der Waals surface area contributed by atoms with Crippen LogP contribution in [0.1, 0.15) is 29.0 Å². The van der Waals surface area contributed by atoms with Crippen LogP contribution in [0.15, 0.2) is 24.3 Å². The molecule has 1 aromatic carbocycles. The summed E-state index contributed by atoms with van der Waals surface area (Å²) in [4.78, 5) is 35.5. The van der Waals surface area contributed by atoms with E-state index in [2.05, 4.69) is 25.6 Å². The van der Waals surface area contributed by atoms with Crippen LogP contribution in [-0.2, 0) is 4.79 Å². The first-order chi connectivity index (χ1) is 13.5. The lowest BCUT2D eigenvalue weighted by molar-refractivity contribution is -0.117. The molecule has 4 rings (SSSR count). The number of ether oxygens (including phenoxy) is 1. The third-order valence-corrected chi connectivity index (χ3v) is 4.49. The molecule has 0 saturated heterocycles. The van der Waals surface area contributed by atoms with Crippen LogP contribution in [0.25, 0.3) is 11.2 Å². The van der Waals surface area contributed by atoms with E-state index in [1.807, 2.05) is 0 Å². The molecular weight excluding hydrogens is 362 g/mol. The van der Waals surface area contributed by atoms with Crippen LogP contribution in [0.2, 0.25) is 0 Å². The van der Waals surface area contributed by atoms with Gasteiger partial charge < -0.3 is 25.5 Å². The molecule has 9 heteroatoms. The number of aromatic nitrogens is 3. The van der Waals surface area contributed by atoms with Crippen LogP contribution < -0.4 is 15.4 Å². The fraction of sp³-hybridized carbons (Fsp3) is 0.263. The smallest absolute Gasteiger partial charge is 0.339 e. The molecule has 0 unspecified atom stereocenters. The molecule has 1 amide bonds. The highest BCUT2D eigenvalue weighted by molar-refractivity contribution is 5.98. The second-order valence-electron chi connectivity index (χ2n) is 6.65. The normalized spacial score (nSPS) is 13.4. The molecule has 1 aliphatic carbocycles. The van der Waals surface area contributed by atoms with Gasteiger partial charge in [-0.2, -0.15) is 0 Å². The number of benzene rings is 1. The van der Waals surface area contributed by atoms with Gasteiger partial charge in [-0.25, -0.2) is 14.8 Å². The van der Waals surface area contributed by atoms with Crippen molar-refractivity contribution in [1.29, 1.82) is 0 Å². The summed E-state index contributed by atoms with van der Waals surface area (Å²) in [6, 6.07) is 6.47.